The number of hydrogen-bond acceptors (Lipinski definition) is 2. The van der Waals surface area contributed by atoms with Crippen molar-refractivity contribution in [2.24, 2.45) is 0 Å². The molecule has 90 valence electrons. The molecule has 16 heavy (non-hydrogen) atoms. The Balaban J connectivity index is 0.00000128. The Morgan fingerprint density at radius 2 is 1.88 bits per heavy atom. The number of nitrogens with one attached hydrogen (secondary N) is 1. The molecule has 0 radical (unpaired) electrons. The standard InChI is InChI=1S/C13H19NO.ClH/c1-10-13(2,3)14-9-12(15-10)11-7-5-4-6-8-11;/h4-8,10,12,14H,9H2,1-3H3;1H. The van der Waals surface area contributed by atoms with E-state index in [1.165, 1.54) is 5.56 Å². The van der Waals surface area contributed by atoms with Gasteiger partial charge in [-0.25, -0.2) is 0 Å². The average Bonchev–Trinajstić information content (AvgIpc) is 2.23. The summed E-state index contributed by atoms with van der Waals surface area (Å²) in [6, 6.07) is 10.4. The van der Waals surface area contributed by atoms with Crippen molar-refractivity contribution in [3.63, 3.8) is 0 Å². The van der Waals surface area contributed by atoms with E-state index >= 15 is 0 Å². The summed E-state index contributed by atoms with van der Waals surface area (Å²) in [5.74, 6) is 0. The highest BCUT2D eigenvalue weighted by Gasteiger charge is 2.34. The minimum absolute atomic E-state index is 0. The molecule has 1 aromatic carbocycles. The van der Waals surface area contributed by atoms with Crippen LogP contribution in [0.25, 0.3) is 0 Å². The van der Waals surface area contributed by atoms with Crippen molar-refractivity contribution in [2.75, 3.05) is 6.54 Å². The van der Waals surface area contributed by atoms with E-state index in [1.807, 2.05) is 6.07 Å². The molecule has 2 nitrogen and oxygen atoms in total. The minimum Gasteiger partial charge on any atom is -0.367 e. The molecule has 0 spiro atoms. The molecule has 1 fully saturated rings. The predicted molar refractivity (Wildman–Crippen MR) is 69.1 cm³/mol. The first-order valence-corrected chi connectivity index (χ1v) is 5.55. The van der Waals surface area contributed by atoms with Crippen LogP contribution in [0.4, 0.5) is 0 Å². The van der Waals surface area contributed by atoms with E-state index in [0.29, 0.717) is 0 Å². The van der Waals surface area contributed by atoms with Gasteiger partial charge >= 0.3 is 0 Å². The van der Waals surface area contributed by atoms with Gasteiger partial charge in [0.1, 0.15) is 0 Å². The zero-order chi connectivity index (χ0) is 10.9. The molecule has 0 saturated carbocycles. The molecule has 2 atom stereocenters. The molecule has 1 aliphatic rings. The summed E-state index contributed by atoms with van der Waals surface area (Å²) in [6.07, 6.45) is 0.422. The van der Waals surface area contributed by atoms with Crippen LogP contribution in [0, 0.1) is 0 Å². The maximum atomic E-state index is 6.03. The summed E-state index contributed by atoms with van der Waals surface area (Å²) < 4.78 is 6.03. The van der Waals surface area contributed by atoms with Crippen molar-refractivity contribution in [3.8, 4) is 0 Å². The van der Waals surface area contributed by atoms with Crippen molar-refractivity contribution in [1.82, 2.24) is 5.32 Å². The lowest BCUT2D eigenvalue weighted by Gasteiger charge is -2.41. The number of halogens is 1. The van der Waals surface area contributed by atoms with Crippen molar-refractivity contribution in [2.45, 2.75) is 38.5 Å². The molecule has 0 bridgehead atoms. The Kier molecular flexibility index (Phi) is 4.36. The van der Waals surface area contributed by atoms with Crippen LogP contribution in [-0.2, 0) is 4.74 Å². The average molecular weight is 242 g/mol. The Morgan fingerprint density at radius 3 is 2.44 bits per heavy atom. The predicted octanol–water partition coefficient (Wildman–Crippen LogP) is 2.94. The first-order valence-electron chi connectivity index (χ1n) is 5.55. The van der Waals surface area contributed by atoms with Crippen molar-refractivity contribution >= 4 is 12.4 Å². The molecule has 0 aliphatic carbocycles. The van der Waals surface area contributed by atoms with Gasteiger partial charge in [0.05, 0.1) is 12.2 Å². The highest BCUT2D eigenvalue weighted by atomic mass is 35.5. The maximum Gasteiger partial charge on any atom is 0.0953 e. The van der Waals surface area contributed by atoms with E-state index in [9.17, 15) is 0 Å². The summed E-state index contributed by atoms with van der Waals surface area (Å²) in [5, 5.41) is 3.53. The van der Waals surface area contributed by atoms with Crippen LogP contribution in [0.3, 0.4) is 0 Å². The van der Waals surface area contributed by atoms with E-state index < -0.39 is 0 Å². The lowest BCUT2D eigenvalue weighted by Crippen LogP contribution is -2.55. The molecule has 0 aromatic heterocycles. The number of benzene rings is 1. The topological polar surface area (TPSA) is 21.3 Å². The summed E-state index contributed by atoms with van der Waals surface area (Å²) in [6.45, 7) is 7.38. The Morgan fingerprint density at radius 1 is 1.25 bits per heavy atom. The summed E-state index contributed by atoms with van der Waals surface area (Å²) >= 11 is 0. The van der Waals surface area contributed by atoms with E-state index in [4.69, 9.17) is 4.74 Å². The third kappa shape index (κ3) is 2.76. The van der Waals surface area contributed by atoms with Crippen LogP contribution >= 0.6 is 12.4 Å². The molecular weight excluding hydrogens is 222 g/mol. The second-order valence-corrected chi connectivity index (χ2v) is 4.78. The van der Waals surface area contributed by atoms with Crippen LogP contribution < -0.4 is 5.32 Å². The molecule has 3 heteroatoms. The number of ether oxygens (including phenoxy) is 1. The first-order chi connectivity index (χ1) is 7.09. The van der Waals surface area contributed by atoms with Gasteiger partial charge in [0.25, 0.3) is 0 Å². The lowest BCUT2D eigenvalue weighted by atomic mass is 9.94. The quantitative estimate of drug-likeness (QED) is 0.816. The lowest BCUT2D eigenvalue weighted by molar-refractivity contribution is -0.0815. The van der Waals surface area contributed by atoms with E-state index in [1.54, 1.807) is 0 Å². The monoisotopic (exact) mass is 241 g/mol. The normalized spacial score (nSPS) is 28.2. The molecule has 1 N–H and O–H groups in total. The zero-order valence-corrected chi connectivity index (χ0v) is 10.9. The SMILES string of the molecule is CC1OC(c2ccccc2)CNC1(C)C.Cl. The van der Waals surface area contributed by atoms with Gasteiger partial charge in [0.15, 0.2) is 0 Å². The highest BCUT2D eigenvalue weighted by molar-refractivity contribution is 5.85. The highest BCUT2D eigenvalue weighted by Crippen LogP contribution is 2.27. The van der Waals surface area contributed by atoms with Crippen LogP contribution in [0.1, 0.15) is 32.4 Å². The van der Waals surface area contributed by atoms with Crippen molar-refractivity contribution < 1.29 is 4.74 Å². The minimum atomic E-state index is 0. The van der Waals surface area contributed by atoms with Gasteiger partial charge in [-0.3, -0.25) is 0 Å². The number of hydrogen-bond donors (Lipinski definition) is 1. The van der Waals surface area contributed by atoms with Gasteiger partial charge in [-0.1, -0.05) is 30.3 Å². The maximum absolute atomic E-state index is 6.03. The van der Waals surface area contributed by atoms with Gasteiger partial charge in [0.2, 0.25) is 0 Å². The fourth-order valence-electron chi connectivity index (χ4n) is 1.83. The molecule has 2 unspecified atom stereocenters. The van der Waals surface area contributed by atoms with Crippen molar-refractivity contribution in [1.29, 1.82) is 0 Å². The smallest absolute Gasteiger partial charge is 0.0953 e. The second-order valence-electron chi connectivity index (χ2n) is 4.78. The fourth-order valence-corrected chi connectivity index (χ4v) is 1.83. The number of rotatable bonds is 1. The molecule has 1 heterocycles. The Bertz CT molecular complexity index is 326. The van der Waals surface area contributed by atoms with Crippen LogP contribution in [0.2, 0.25) is 0 Å². The van der Waals surface area contributed by atoms with E-state index in [-0.39, 0.29) is 30.2 Å². The molecule has 2 rings (SSSR count). The van der Waals surface area contributed by atoms with Crippen LogP contribution in [0.5, 0.6) is 0 Å². The van der Waals surface area contributed by atoms with E-state index in [0.717, 1.165) is 6.54 Å². The van der Waals surface area contributed by atoms with Gasteiger partial charge < -0.3 is 10.1 Å². The molecule has 1 saturated heterocycles. The summed E-state index contributed by atoms with van der Waals surface area (Å²) in [4.78, 5) is 0. The van der Waals surface area contributed by atoms with Crippen molar-refractivity contribution in [3.05, 3.63) is 35.9 Å². The van der Waals surface area contributed by atoms with Gasteiger partial charge in [-0.2, -0.15) is 0 Å². The van der Waals surface area contributed by atoms with E-state index in [2.05, 4.69) is 50.4 Å². The first kappa shape index (κ1) is 13.5. The van der Waals surface area contributed by atoms with Crippen LogP contribution in [-0.4, -0.2) is 18.2 Å². The third-order valence-electron chi connectivity index (χ3n) is 3.30. The molecular formula is C13H20ClNO. The molecule has 1 aromatic rings. The Hall–Kier alpha value is -0.570. The van der Waals surface area contributed by atoms with Gasteiger partial charge in [-0.15, -0.1) is 12.4 Å². The van der Waals surface area contributed by atoms with Gasteiger partial charge in [-0.05, 0) is 26.3 Å². The third-order valence-corrected chi connectivity index (χ3v) is 3.30. The summed E-state index contributed by atoms with van der Waals surface area (Å²) in [5.41, 5.74) is 1.33. The van der Waals surface area contributed by atoms with Crippen LogP contribution in [0.15, 0.2) is 30.3 Å². The van der Waals surface area contributed by atoms with Gasteiger partial charge in [0, 0.05) is 12.1 Å². The molecule has 0 amide bonds. The second kappa shape index (κ2) is 5.17. The number of morpholine rings is 1. The zero-order valence-electron chi connectivity index (χ0n) is 10.1. The summed E-state index contributed by atoms with van der Waals surface area (Å²) in [7, 11) is 0. The fraction of sp³-hybridized carbons (Fsp3) is 0.538. The Labute approximate surface area is 104 Å². The molecule has 1 aliphatic heterocycles. The largest absolute Gasteiger partial charge is 0.367 e.